The monoisotopic (exact) mass is 344 g/mol. The summed E-state index contributed by atoms with van der Waals surface area (Å²) in [5, 5.41) is 18.7. The number of nitriles is 2. The van der Waals surface area contributed by atoms with Crippen molar-refractivity contribution >= 4 is 5.82 Å². The second-order valence-electron chi connectivity index (χ2n) is 5.76. The number of aromatic nitrogens is 1. The van der Waals surface area contributed by atoms with Crippen LogP contribution >= 0.6 is 0 Å². The lowest BCUT2D eigenvalue weighted by atomic mass is 9.94. The lowest BCUT2D eigenvalue weighted by molar-refractivity contribution is 0.619. The molecule has 126 valence electrons. The third-order valence-corrected chi connectivity index (χ3v) is 4.13. The quantitative estimate of drug-likeness (QED) is 0.742. The number of pyridine rings is 1. The summed E-state index contributed by atoms with van der Waals surface area (Å²) in [4.78, 5) is 14.3. The Morgan fingerprint density at radius 3 is 2.12 bits per heavy atom. The van der Waals surface area contributed by atoms with Crippen molar-refractivity contribution in [2.24, 2.45) is 0 Å². The highest BCUT2D eigenvalue weighted by Gasteiger charge is 2.18. The number of halogens is 1. The number of aryl methyl sites for hydroxylation is 1. The number of nitrogen functional groups attached to an aromatic ring is 1. The van der Waals surface area contributed by atoms with Crippen molar-refractivity contribution in [2.75, 3.05) is 5.73 Å². The molecule has 0 spiro atoms. The van der Waals surface area contributed by atoms with Crippen LogP contribution in [0.1, 0.15) is 16.7 Å². The van der Waals surface area contributed by atoms with E-state index in [0.717, 1.165) is 11.1 Å². The highest BCUT2D eigenvalue weighted by molar-refractivity contribution is 5.81. The Bertz CT molecular complexity index is 1150. The third kappa shape index (κ3) is 2.81. The number of hydrogen-bond acceptors (Lipinski definition) is 4. The maximum atomic E-state index is 13.4. The predicted molar refractivity (Wildman–Crippen MR) is 96.5 cm³/mol. The summed E-state index contributed by atoms with van der Waals surface area (Å²) < 4.78 is 13.4. The van der Waals surface area contributed by atoms with Gasteiger partial charge in [0.15, 0.2) is 0 Å². The number of anilines is 1. The molecule has 1 heterocycles. The second-order valence-corrected chi connectivity index (χ2v) is 5.76. The fourth-order valence-electron chi connectivity index (χ4n) is 2.79. The first-order chi connectivity index (χ1) is 12.5. The number of nitrogens with one attached hydrogen (secondary N) is 1. The Kier molecular flexibility index (Phi) is 4.26. The molecule has 0 unspecified atom stereocenters. The molecule has 6 heteroatoms. The SMILES string of the molecule is Cc1cc(-c2ccc(-c3c(C#N)c(N)[nH]c(=O)c3C#N)cc2)ccc1F. The van der Waals surface area contributed by atoms with E-state index in [1.54, 1.807) is 43.3 Å². The Hall–Kier alpha value is -3.90. The Morgan fingerprint density at radius 2 is 1.54 bits per heavy atom. The van der Waals surface area contributed by atoms with Gasteiger partial charge in [-0.25, -0.2) is 4.39 Å². The molecule has 1 aromatic heterocycles. The van der Waals surface area contributed by atoms with E-state index in [1.165, 1.54) is 6.07 Å². The summed E-state index contributed by atoms with van der Waals surface area (Å²) >= 11 is 0. The molecule has 0 fully saturated rings. The van der Waals surface area contributed by atoms with Crippen LogP contribution in [0.3, 0.4) is 0 Å². The van der Waals surface area contributed by atoms with Crippen LogP contribution in [0.2, 0.25) is 0 Å². The van der Waals surface area contributed by atoms with Crippen LogP contribution in [-0.2, 0) is 0 Å². The molecule has 3 aromatic rings. The van der Waals surface area contributed by atoms with E-state index in [-0.39, 0.29) is 28.3 Å². The van der Waals surface area contributed by atoms with E-state index in [2.05, 4.69) is 4.98 Å². The van der Waals surface area contributed by atoms with Crippen molar-refractivity contribution in [3.63, 3.8) is 0 Å². The third-order valence-electron chi connectivity index (χ3n) is 4.13. The van der Waals surface area contributed by atoms with Crippen molar-refractivity contribution in [3.8, 4) is 34.4 Å². The van der Waals surface area contributed by atoms with Crippen LogP contribution in [-0.4, -0.2) is 4.98 Å². The highest BCUT2D eigenvalue weighted by atomic mass is 19.1. The largest absolute Gasteiger partial charge is 0.384 e. The number of H-pyrrole nitrogens is 1. The standard InChI is InChI=1S/C20H13FN4O/c1-11-8-14(6-7-17(11)21)12-2-4-13(5-3-12)18-15(9-22)19(24)25-20(26)16(18)10-23/h2-8H,1H3,(H3,24,25,26). The molecular formula is C20H13FN4O. The van der Waals surface area contributed by atoms with Crippen molar-refractivity contribution in [3.05, 3.63) is 75.3 Å². The normalized spacial score (nSPS) is 10.2. The van der Waals surface area contributed by atoms with Gasteiger partial charge in [-0.05, 0) is 41.3 Å². The van der Waals surface area contributed by atoms with Gasteiger partial charge in [-0.3, -0.25) is 4.79 Å². The van der Waals surface area contributed by atoms with E-state index in [0.29, 0.717) is 11.1 Å². The average molecular weight is 344 g/mol. The van der Waals surface area contributed by atoms with Crippen molar-refractivity contribution in [1.82, 2.24) is 4.98 Å². The van der Waals surface area contributed by atoms with Crippen LogP contribution in [0, 0.1) is 35.4 Å². The zero-order chi connectivity index (χ0) is 18.8. The number of benzene rings is 2. The van der Waals surface area contributed by atoms with Crippen LogP contribution < -0.4 is 11.3 Å². The molecule has 5 nitrogen and oxygen atoms in total. The molecule has 2 aromatic carbocycles. The molecule has 0 radical (unpaired) electrons. The molecule has 0 bridgehead atoms. The average Bonchev–Trinajstić information content (AvgIpc) is 2.63. The van der Waals surface area contributed by atoms with Crippen LogP contribution in [0.25, 0.3) is 22.3 Å². The van der Waals surface area contributed by atoms with Gasteiger partial charge in [-0.2, -0.15) is 10.5 Å². The van der Waals surface area contributed by atoms with E-state index in [9.17, 15) is 19.7 Å². The fourth-order valence-corrected chi connectivity index (χ4v) is 2.79. The van der Waals surface area contributed by atoms with Gasteiger partial charge in [0, 0.05) is 5.56 Å². The summed E-state index contributed by atoms with van der Waals surface area (Å²) in [7, 11) is 0. The van der Waals surface area contributed by atoms with Gasteiger partial charge >= 0.3 is 0 Å². The minimum atomic E-state index is -0.641. The number of nitrogens with two attached hydrogens (primary N) is 1. The molecule has 0 atom stereocenters. The zero-order valence-electron chi connectivity index (χ0n) is 13.8. The number of rotatable bonds is 2. The van der Waals surface area contributed by atoms with Gasteiger partial charge < -0.3 is 10.7 Å². The van der Waals surface area contributed by atoms with Gasteiger partial charge in [-0.1, -0.05) is 30.3 Å². The summed E-state index contributed by atoms with van der Waals surface area (Å²) in [5.41, 5.74) is 7.91. The van der Waals surface area contributed by atoms with Crippen LogP contribution in [0.15, 0.2) is 47.3 Å². The fraction of sp³-hybridized carbons (Fsp3) is 0.0500. The minimum absolute atomic E-state index is 0.0477. The van der Waals surface area contributed by atoms with Gasteiger partial charge in [0.25, 0.3) is 5.56 Å². The molecule has 0 amide bonds. The predicted octanol–water partition coefficient (Wildman–Crippen LogP) is 3.48. The first-order valence-electron chi connectivity index (χ1n) is 7.69. The molecule has 0 aliphatic heterocycles. The number of hydrogen-bond donors (Lipinski definition) is 2. The summed E-state index contributed by atoms with van der Waals surface area (Å²) in [6.07, 6.45) is 0. The maximum Gasteiger partial charge on any atom is 0.268 e. The molecule has 3 N–H and O–H groups in total. The Labute approximate surface area is 148 Å². The first-order valence-corrected chi connectivity index (χ1v) is 7.69. The highest BCUT2D eigenvalue weighted by Crippen LogP contribution is 2.30. The zero-order valence-corrected chi connectivity index (χ0v) is 13.8. The number of aromatic amines is 1. The van der Waals surface area contributed by atoms with Gasteiger partial charge in [0.05, 0.1) is 0 Å². The van der Waals surface area contributed by atoms with Gasteiger partial charge in [0.2, 0.25) is 0 Å². The first kappa shape index (κ1) is 16.9. The summed E-state index contributed by atoms with van der Waals surface area (Å²) in [6, 6.07) is 15.5. The molecule has 0 saturated carbocycles. The van der Waals surface area contributed by atoms with Crippen LogP contribution in [0.5, 0.6) is 0 Å². The molecule has 0 saturated heterocycles. The number of nitrogens with zero attached hydrogens (tertiary/aromatic N) is 2. The lowest BCUT2D eigenvalue weighted by Crippen LogP contribution is -2.16. The molecular weight excluding hydrogens is 331 g/mol. The minimum Gasteiger partial charge on any atom is -0.384 e. The van der Waals surface area contributed by atoms with Crippen molar-refractivity contribution < 1.29 is 4.39 Å². The molecule has 0 aliphatic carbocycles. The summed E-state index contributed by atoms with van der Waals surface area (Å²) in [5.74, 6) is -0.355. The second kappa shape index (κ2) is 6.54. The van der Waals surface area contributed by atoms with Crippen molar-refractivity contribution in [2.45, 2.75) is 6.92 Å². The Morgan fingerprint density at radius 1 is 0.962 bits per heavy atom. The van der Waals surface area contributed by atoms with E-state index >= 15 is 0 Å². The van der Waals surface area contributed by atoms with Gasteiger partial charge in [-0.15, -0.1) is 0 Å². The van der Waals surface area contributed by atoms with E-state index in [1.807, 2.05) is 12.1 Å². The molecule has 26 heavy (non-hydrogen) atoms. The topological polar surface area (TPSA) is 106 Å². The van der Waals surface area contributed by atoms with Crippen LogP contribution in [0.4, 0.5) is 10.2 Å². The van der Waals surface area contributed by atoms with Crippen molar-refractivity contribution in [1.29, 1.82) is 10.5 Å². The van der Waals surface area contributed by atoms with E-state index in [4.69, 9.17) is 5.73 Å². The van der Waals surface area contributed by atoms with Gasteiger partial charge in [0.1, 0.15) is 34.9 Å². The molecule has 0 aliphatic rings. The lowest BCUT2D eigenvalue weighted by Gasteiger charge is -2.10. The van der Waals surface area contributed by atoms with E-state index < -0.39 is 5.56 Å². The summed E-state index contributed by atoms with van der Waals surface area (Å²) in [6.45, 7) is 1.69. The molecule has 3 rings (SSSR count). The Balaban J connectivity index is 2.16. The maximum absolute atomic E-state index is 13.4. The smallest absolute Gasteiger partial charge is 0.268 e.